The number of hydrogen-bond donors (Lipinski definition) is 3. The quantitative estimate of drug-likeness (QED) is 0.565. The van der Waals surface area contributed by atoms with Gasteiger partial charge in [0.05, 0.1) is 24.6 Å². The molecule has 2 aromatic rings. The number of carbonyl (C=O) groups excluding carboxylic acids is 3. The van der Waals surface area contributed by atoms with Crippen LogP contribution in [0.5, 0.6) is 5.75 Å². The summed E-state index contributed by atoms with van der Waals surface area (Å²) in [4.78, 5) is 39.0. The van der Waals surface area contributed by atoms with Crippen LogP contribution in [-0.4, -0.2) is 46.2 Å². The van der Waals surface area contributed by atoms with Crippen LogP contribution in [0.1, 0.15) is 42.1 Å². The number of ether oxygens (including phenoxy) is 1. The van der Waals surface area contributed by atoms with E-state index >= 15 is 0 Å². The van der Waals surface area contributed by atoms with E-state index in [1.54, 1.807) is 18.2 Å². The normalized spacial score (nSPS) is 14.2. The third kappa shape index (κ3) is 5.61. The maximum atomic E-state index is 13.2. The third-order valence-electron chi connectivity index (χ3n) is 4.94. The largest absolute Gasteiger partial charge is 0.496 e. The fraction of sp³-hybridized carbons (Fsp3) is 0.318. The predicted molar refractivity (Wildman–Crippen MR) is 125 cm³/mol. The average Bonchev–Trinajstić information content (AvgIpc) is 2.73. The highest BCUT2D eigenvalue weighted by Gasteiger charge is 2.30. The first kappa shape index (κ1) is 24.1. The number of methoxy groups -OCH3 is 1. The van der Waals surface area contributed by atoms with Crippen molar-refractivity contribution in [3.63, 3.8) is 0 Å². The third-order valence-corrected chi connectivity index (χ3v) is 5.55. The molecule has 3 N–H and O–H groups in total. The van der Waals surface area contributed by atoms with Crippen LogP contribution in [0.15, 0.2) is 36.4 Å². The molecule has 1 aliphatic heterocycles. The van der Waals surface area contributed by atoms with Crippen molar-refractivity contribution in [2.75, 3.05) is 34.8 Å². The zero-order chi connectivity index (χ0) is 24.3. The number of nitrogens with zero attached hydrogens (tertiary/aromatic N) is 1. The summed E-state index contributed by atoms with van der Waals surface area (Å²) in [6.07, 6.45) is 1.20. The van der Waals surface area contributed by atoms with E-state index in [0.717, 1.165) is 11.2 Å². The Labute approximate surface area is 192 Å². The number of benzene rings is 2. The number of carbonyl (C=O) groups is 3. The summed E-state index contributed by atoms with van der Waals surface area (Å²) in [5, 5.41) is 5.38. The molecule has 11 heteroatoms. The lowest BCUT2D eigenvalue weighted by Crippen LogP contribution is -2.50. The first-order chi connectivity index (χ1) is 15.5. The van der Waals surface area contributed by atoms with Gasteiger partial charge in [-0.05, 0) is 47.9 Å². The Balaban J connectivity index is 1.98. The maximum absolute atomic E-state index is 13.2. The number of nitrogens with one attached hydrogen (secondary N) is 3. The van der Waals surface area contributed by atoms with Gasteiger partial charge in [0.1, 0.15) is 5.75 Å². The smallest absolute Gasteiger partial charge is 0.328 e. The van der Waals surface area contributed by atoms with Crippen molar-refractivity contribution in [2.45, 2.75) is 26.2 Å². The minimum absolute atomic E-state index is 0.0595. The lowest BCUT2D eigenvalue weighted by molar-refractivity contribution is -0.118. The fourth-order valence-corrected chi connectivity index (χ4v) is 4.03. The summed E-state index contributed by atoms with van der Waals surface area (Å²) >= 11 is 0. The van der Waals surface area contributed by atoms with Crippen molar-refractivity contribution in [1.29, 1.82) is 0 Å². The molecule has 0 saturated carbocycles. The van der Waals surface area contributed by atoms with E-state index < -0.39 is 22.0 Å². The standard InChI is InChI=1S/C22H26N4O6S/c1-13(2)17-11-16(26-19(27)9-10-23-22(26)29)12-18(20(17)32-3)21(28)24-14-5-7-15(8-6-14)25-33(4,30)31/h5-8,11-13,25H,9-10H2,1-4H3,(H,23,29)(H,24,28). The Morgan fingerprint density at radius 2 is 1.76 bits per heavy atom. The summed E-state index contributed by atoms with van der Waals surface area (Å²) in [6.45, 7) is 4.09. The van der Waals surface area contributed by atoms with Crippen molar-refractivity contribution in [3.8, 4) is 5.75 Å². The van der Waals surface area contributed by atoms with Gasteiger partial charge in [-0.25, -0.2) is 18.1 Å². The zero-order valence-corrected chi connectivity index (χ0v) is 19.6. The molecule has 1 heterocycles. The van der Waals surface area contributed by atoms with Gasteiger partial charge in [0, 0.05) is 24.3 Å². The molecule has 1 fully saturated rings. The Kier molecular flexibility index (Phi) is 6.92. The van der Waals surface area contributed by atoms with E-state index in [1.807, 2.05) is 13.8 Å². The van der Waals surface area contributed by atoms with Crippen molar-refractivity contribution < 1.29 is 27.5 Å². The summed E-state index contributed by atoms with van der Waals surface area (Å²) in [5.74, 6) is -0.592. The summed E-state index contributed by atoms with van der Waals surface area (Å²) < 4.78 is 30.6. The predicted octanol–water partition coefficient (Wildman–Crippen LogP) is 2.89. The number of rotatable bonds is 7. The molecule has 1 aliphatic rings. The van der Waals surface area contributed by atoms with Crippen LogP contribution in [0, 0.1) is 0 Å². The number of anilines is 3. The lowest BCUT2D eigenvalue weighted by Gasteiger charge is -2.27. The molecule has 0 aromatic heterocycles. The molecule has 0 atom stereocenters. The molecule has 10 nitrogen and oxygen atoms in total. The number of imide groups is 1. The molecule has 1 saturated heterocycles. The highest BCUT2D eigenvalue weighted by Crippen LogP contribution is 2.36. The Morgan fingerprint density at radius 1 is 1.12 bits per heavy atom. The minimum atomic E-state index is -3.42. The van der Waals surface area contributed by atoms with Crippen LogP contribution >= 0.6 is 0 Å². The summed E-state index contributed by atoms with van der Waals surface area (Å²) in [5.41, 5.74) is 1.87. The van der Waals surface area contributed by atoms with Crippen LogP contribution in [0.2, 0.25) is 0 Å². The molecule has 33 heavy (non-hydrogen) atoms. The first-order valence-corrected chi connectivity index (χ1v) is 12.1. The monoisotopic (exact) mass is 474 g/mol. The lowest BCUT2D eigenvalue weighted by atomic mass is 9.96. The van der Waals surface area contributed by atoms with Gasteiger partial charge in [0.2, 0.25) is 15.9 Å². The number of sulfonamides is 1. The molecular formula is C22H26N4O6S. The Bertz CT molecular complexity index is 1180. The molecule has 0 aliphatic carbocycles. The molecule has 0 radical (unpaired) electrons. The van der Waals surface area contributed by atoms with Gasteiger partial charge in [-0.15, -0.1) is 0 Å². The maximum Gasteiger partial charge on any atom is 0.328 e. The Hall–Kier alpha value is -3.60. The van der Waals surface area contributed by atoms with Crippen molar-refractivity contribution in [1.82, 2.24) is 5.32 Å². The van der Waals surface area contributed by atoms with Crippen LogP contribution < -0.4 is 25.0 Å². The Morgan fingerprint density at radius 3 is 2.30 bits per heavy atom. The second kappa shape index (κ2) is 9.49. The highest BCUT2D eigenvalue weighted by atomic mass is 32.2. The average molecular weight is 475 g/mol. The second-order valence-corrected chi connectivity index (χ2v) is 9.64. The van der Waals surface area contributed by atoms with Gasteiger partial charge in [-0.3, -0.25) is 14.3 Å². The molecule has 2 aromatic carbocycles. The van der Waals surface area contributed by atoms with Gasteiger partial charge in [-0.2, -0.15) is 0 Å². The minimum Gasteiger partial charge on any atom is -0.496 e. The summed E-state index contributed by atoms with van der Waals surface area (Å²) in [6, 6.07) is 8.70. The van der Waals surface area contributed by atoms with Crippen LogP contribution in [0.3, 0.4) is 0 Å². The molecule has 4 amide bonds. The van der Waals surface area contributed by atoms with E-state index in [2.05, 4.69) is 15.4 Å². The highest BCUT2D eigenvalue weighted by molar-refractivity contribution is 7.92. The molecule has 0 spiro atoms. The summed E-state index contributed by atoms with van der Waals surface area (Å²) in [7, 11) is -1.97. The first-order valence-electron chi connectivity index (χ1n) is 10.2. The number of urea groups is 1. The van der Waals surface area contributed by atoms with Gasteiger partial charge in [0.25, 0.3) is 5.91 Å². The number of amides is 4. The molecule has 176 valence electrons. The van der Waals surface area contributed by atoms with E-state index in [-0.39, 0.29) is 36.0 Å². The zero-order valence-electron chi connectivity index (χ0n) is 18.8. The second-order valence-electron chi connectivity index (χ2n) is 7.89. The number of hydrogen-bond acceptors (Lipinski definition) is 6. The topological polar surface area (TPSA) is 134 Å². The van der Waals surface area contributed by atoms with E-state index in [1.165, 1.54) is 25.3 Å². The SMILES string of the molecule is COc1c(C(=O)Nc2ccc(NS(C)(=O)=O)cc2)cc(N2C(=O)CCNC2=O)cc1C(C)C. The van der Waals surface area contributed by atoms with E-state index in [0.29, 0.717) is 22.7 Å². The van der Waals surface area contributed by atoms with Crippen molar-refractivity contribution >= 4 is 44.9 Å². The fourth-order valence-electron chi connectivity index (χ4n) is 3.47. The van der Waals surface area contributed by atoms with Crippen molar-refractivity contribution in [2.24, 2.45) is 0 Å². The molecule has 3 rings (SSSR count). The van der Waals surface area contributed by atoms with Gasteiger partial charge in [-0.1, -0.05) is 13.8 Å². The molecule has 0 unspecified atom stereocenters. The molecular weight excluding hydrogens is 448 g/mol. The van der Waals surface area contributed by atoms with E-state index in [9.17, 15) is 22.8 Å². The van der Waals surface area contributed by atoms with Crippen LogP contribution in [0.25, 0.3) is 0 Å². The van der Waals surface area contributed by atoms with Gasteiger partial charge < -0.3 is 15.4 Å². The van der Waals surface area contributed by atoms with Gasteiger partial charge in [0.15, 0.2) is 0 Å². The van der Waals surface area contributed by atoms with Crippen molar-refractivity contribution in [3.05, 3.63) is 47.5 Å². The van der Waals surface area contributed by atoms with E-state index in [4.69, 9.17) is 4.74 Å². The van der Waals surface area contributed by atoms with Gasteiger partial charge >= 0.3 is 6.03 Å². The van der Waals surface area contributed by atoms with Crippen LogP contribution in [-0.2, 0) is 14.8 Å². The van der Waals surface area contributed by atoms with Crippen LogP contribution in [0.4, 0.5) is 21.9 Å². The molecule has 0 bridgehead atoms.